The van der Waals surface area contributed by atoms with Crippen LogP contribution in [0.1, 0.15) is 11.1 Å². The van der Waals surface area contributed by atoms with E-state index in [0.717, 1.165) is 49.3 Å². The van der Waals surface area contributed by atoms with E-state index in [0.29, 0.717) is 0 Å². The minimum absolute atomic E-state index is 0.0624. The second-order valence-electron chi connectivity index (χ2n) is 12.0. The second kappa shape index (κ2) is 9.68. The molecule has 1 unspecified atom stereocenters. The number of nitrogens with zero attached hydrogens (tertiary/aromatic N) is 3. The molecule has 1 atom stereocenters. The summed E-state index contributed by atoms with van der Waals surface area (Å²) in [5, 5.41) is 10.7. The molecule has 4 heteroatoms. The minimum atomic E-state index is 0.0624. The first-order valence-corrected chi connectivity index (χ1v) is 15.7. The maximum absolute atomic E-state index is 5.16. The number of aromatic nitrogens is 3. The van der Waals surface area contributed by atoms with E-state index in [-0.39, 0.29) is 6.04 Å². The first-order chi connectivity index (χ1) is 22.8. The van der Waals surface area contributed by atoms with Gasteiger partial charge in [-0.2, -0.15) is 0 Å². The van der Waals surface area contributed by atoms with Crippen LogP contribution in [0.5, 0.6) is 0 Å². The molecule has 3 aromatic heterocycles. The fourth-order valence-electron chi connectivity index (χ4n) is 7.54. The van der Waals surface area contributed by atoms with E-state index >= 15 is 0 Å². The summed E-state index contributed by atoms with van der Waals surface area (Å²) in [5.41, 5.74) is 12.2. The van der Waals surface area contributed by atoms with Crippen LogP contribution in [0.3, 0.4) is 0 Å². The number of allylic oxidation sites excluding steroid dienone is 2. The van der Waals surface area contributed by atoms with Gasteiger partial charge in [-0.1, -0.05) is 115 Å². The Bertz CT molecular complexity index is 2680. The van der Waals surface area contributed by atoms with E-state index in [1.807, 2.05) is 24.5 Å². The van der Waals surface area contributed by atoms with Crippen molar-refractivity contribution in [3.05, 3.63) is 163 Å². The zero-order chi connectivity index (χ0) is 30.2. The molecule has 0 saturated carbocycles. The second-order valence-corrected chi connectivity index (χ2v) is 12.0. The Hall–Kier alpha value is -6.13. The lowest BCUT2D eigenvalue weighted by molar-refractivity contribution is 1.03. The fourth-order valence-corrected chi connectivity index (χ4v) is 7.54. The lowest BCUT2D eigenvalue weighted by Crippen LogP contribution is -2.26. The van der Waals surface area contributed by atoms with Crippen LogP contribution < -0.4 is 5.32 Å². The monoisotopic (exact) mass is 586 g/mol. The van der Waals surface area contributed by atoms with Crippen molar-refractivity contribution in [2.75, 3.05) is 5.32 Å². The van der Waals surface area contributed by atoms with E-state index in [2.05, 4.69) is 127 Å². The van der Waals surface area contributed by atoms with Crippen molar-refractivity contribution in [2.45, 2.75) is 6.04 Å². The minimum Gasteiger partial charge on any atom is -0.372 e. The molecular formula is C42H26N4. The van der Waals surface area contributed by atoms with Crippen LogP contribution in [0.25, 0.3) is 71.1 Å². The molecule has 0 fully saturated rings. The van der Waals surface area contributed by atoms with E-state index in [9.17, 15) is 0 Å². The van der Waals surface area contributed by atoms with Gasteiger partial charge in [0.25, 0.3) is 0 Å². The van der Waals surface area contributed by atoms with Gasteiger partial charge >= 0.3 is 0 Å². The van der Waals surface area contributed by atoms with E-state index in [1.165, 1.54) is 44.2 Å². The summed E-state index contributed by atoms with van der Waals surface area (Å²) < 4.78 is 0. The lowest BCUT2D eigenvalue weighted by Gasteiger charge is -2.32. The van der Waals surface area contributed by atoms with Crippen molar-refractivity contribution in [3.63, 3.8) is 0 Å². The summed E-state index contributed by atoms with van der Waals surface area (Å²) in [7, 11) is 0. The van der Waals surface area contributed by atoms with Crippen LogP contribution in [0.4, 0.5) is 5.69 Å². The van der Waals surface area contributed by atoms with Crippen LogP contribution >= 0.6 is 0 Å². The molecule has 2 aliphatic rings. The molecule has 1 N–H and O–H groups in total. The number of para-hydroxylation sites is 1. The van der Waals surface area contributed by atoms with Crippen molar-refractivity contribution in [1.82, 2.24) is 15.0 Å². The van der Waals surface area contributed by atoms with E-state index in [4.69, 9.17) is 15.0 Å². The Labute approximate surface area is 265 Å². The normalized spacial score (nSPS) is 15.5. The predicted octanol–water partition coefficient (Wildman–Crippen LogP) is 10.0. The highest BCUT2D eigenvalue weighted by molar-refractivity contribution is 6.20. The number of benzene rings is 5. The van der Waals surface area contributed by atoms with Gasteiger partial charge < -0.3 is 5.32 Å². The third-order valence-electron chi connectivity index (χ3n) is 9.54. The van der Waals surface area contributed by atoms with Crippen molar-refractivity contribution < 1.29 is 0 Å². The van der Waals surface area contributed by atoms with Gasteiger partial charge in [0, 0.05) is 45.1 Å². The zero-order valence-corrected chi connectivity index (χ0v) is 24.8. The van der Waals surface area contributed by atoms with Crippen LogP contribution in [0.15, 0.2) is 151 Å². The smallest absolute Gasteiger partial charge is 0.0978 e. The number of hydrogen-bond acceptors (Lipinski definition) is 4. The van der Waals surface area contributed by atoms with Crippen LogP contribution in [-0.2, 0) is 0 Å². The lowest BCUT2D eigenvalue weighted by atomic mass is 9.80. The number of fused-ring (bicyclic) bond motifs is 9. The summed E-state index contributed by atoms with van der Waals surface area (Å²) in [6, 6.07) is 39.0. The van der Waals surface area contributed by atoms with Crippen molar-refractivity contribution >= 4 is 65.6 Å². The molecule has 0 bridgehead atoms. The molecule has 10 rings (SSSR count). The number of pyridine rings is 3. The van der Waals surface area contributed by atoms with Gasteiger partial charge in [-0.3, -0.25) is 9.97 Å². The molecule has 1 aliphatic heterocycles. The van der Waals surface area contributed by atoms with Gasteiger partial charge in [0.05, 0.1) is 33.8 Å². The maximum Gasteiger partial charge on any atom is 0.0978 e. The van der Waals surface area contributed by atoms with Crippen LogP contribution in [-0.4, -0.2) is 21.0 Å². The molecule has 4 heterocycles. The Morgan fingerprint density at radius 1 is 0.522 bits per heavy atom. The number of rotatable bonds is 2. The van der Waals surface area contributed by atoms with E-state index < -0.39 is 0 Å². The third kappa shape index (κ3) is 3.58. The largest absolute Gasteiger partial charge is 0.372 e. The van der Waals surface area contributed by atoms with Crippen molar-refractivity contribution in [1.29, 1.82) is 0 Å². The Kier molecular flexibility index (Phi) is 5.31. The average molecular weight is 587 g/mol. The average Bonchev–Trinajstić information content (AvgIpc) is 3.12. The SMILES string of the molecule is C1=CC2=C(c3ccc(-c4c5ccccc5nc5c4ccc4cccnc45)c4ccccc34)c3ccc4cccnc4c3NC2C=C1. The molecule has 0 spiro atoms. The van der Waals surface area contributed by atoms with Crippen molar-refractivity contribution in [2.24, 2.45) is 0 Å². The fraction of sp³-hybridized carbons (Fsp3) is 0.0238. The Morgan fingerprint density at radius 3 is 2.09 bits per heavy atom. The highest BCUT2D eigenvalue weighted by Crippen LogP contribution is 2.47. The molecule has 46 heavy (non-hydrogen) atoms. The molecule has 1 aliphatic carbocycles. The standard InChI is InChI=1S/C42H26N4/c1-2-12-28-27(11-1)29(37-31-13-3-5-15-35(31)45-41-33(37)19-17-25-9-7-23-43-39(25)41)21-22-30(28)38-32-14-4-6-16-36(32)46-42-34(38)20-18-26-10-8-24-44-40(26)42/h1-24,35,45H. The van der Waals surface area contributed by atoms with Gasteiger partial charge in [-0.25, -0.2) is 4.98 Å². The van der Waals surface area contributed by atoms with Gasteiger partial charge in [-0.05, 0) is 51.2 Å². The number of anilines is 1. The summed E-state index contributed by atoms with van der Waals surface area (Å²) in [6.45, 7) is 0. The first kappa shape index (κ1) is 25.2. The number of hydrogen-bond donors (Lipinski definition) is 1. The van der Waals surface area contributed by atoms with Crippen molar-refractivity contribution in [3.8, 4) is 11.1 Å². The quantitative estimate of drug-likeness (QED) is 0.162. The zero-order valence-electron chi connectivity index (χ0n) is 24.8. The molecular weight excluding hydrogens is 560 g/mol. The number of nitrogens with one attached hydrogen (secondary N) is 1. The highest BCUT2D eigenvalue weighted by atomic mass is 14.9. The summed E-state index contributed by atoms with van der Waals surface area (Å²) in [4.78, 5) is 14.8. The molecule has 0 amide bonds. The molecule has 0 saturated heterocycles. The first-order valence-electron chi connectivity index (χ1n) is 15.7. The van der Waals surface area contributed by atoms with Gasteiger partial charge in [0.2, 0.25) is 0 Å². The van der Waals surface area contributed by atoms with Crippen LogP contribution in [0.2, 0.25) is 0 Å². The molecule has 4 nitrogen and oxygen atoms in total. The maximum atomic E-state index is 5.16. The van der Waals surface area contributed by atoms with Gasteiger partial charge in [0.15, 0.2) is 0 Å². The van der Waals surface area contributed by atoms with E-state index in [1.54, 1.807) is 0 Å². The third-order valence-corrected chi connectivity index (χ3v) is 9.54. The Balaban J connectivity index is 1.30. The summed E-state index contributed by atoms with van der Waals surface area (Å²) in [5.74, 6) is 0. The van der Waals surface area contributed by atoms with Gasteiger partial charge in [-0.15, -0.1) is 0 Å². The highest BCUT2D eigenvalue weighted by Gasteiger charge is 2.29. The predicted molar refractivity (Wildman–Crippen MR) is 191 cm³/mol. The van der Waals surface area contributed by atoms with Crippen LogP contribution in [0, 0.1) is 0 Å². The van der Waals surface area contributed by atoms with Gasteiger partial charge in [0.1, 0.15) is 0 Å². The summed E-state index contributed by atoms with van der Waals surface area (Å²) >= 11 is 0. The molecule has 8 aromatic rings. The molecule has 5 aromatic carbocycles. The topological polar surface area (TPSA) is 50.7 Å². The Morgan fingerprint density at radius 2 is 1.22 bits per heavy atom. The summed E-state index contributed by atoms with van der Waals surface area (Å²) in [6.07, 6.45) is 12.5. The molecule has 214 valence electrons. The molecule has 0 radical (unpaired) electrons.